The Morgan fingerprint density at radius 1 is 1.00 bits per heavy atom. The van der Waals surface area contributed by atoms with Crippen molar-refractivity contribution >= 4 is 44.9 Å². The number of carboxylic acid groups (broad SMARTS) is 1. The van der Waals surface area contributed by atoms with Gasteiger partial charge in [-0.25, -0.2) is 13.2 Å². The number of carboxylic acids is 1. The second kappa shape index (κ2) is 5.93. The van der Waals surface area contributed by atoms with Crippen LogP contribution in [0.1, 0.15) is 10.4 Å². The molecule has 2 rings (SSSR count). The van der Waals surface area contributed by atoms with Crippen LogP contribution < -0.4 is 4.72 Å². The Hall–Kier alpha value is -1.76. The van der Waals surface area contributed by atoms with Gasteiger partial charge in [-0.05, 0) is 24.3 Å². The smallest absolute Gasteiger partial charge is 0.339 e. The molecular weight excluding hydrogens is 337 g/mol. The summed E-state index contributed by atoms with van der Waals surface area (Å²) in [4.78, 5) is 11.0. The molecule has 0 aliphatic rings. The number of halogens is 2. The number of carbonyl (C=O) groups is 1. The summed E-state index contributed by atoms with van der Waals surface area (Å²) in [7, 11) is -4.02. The Morgan fingerprint density at radius 2 is 1.62 bits per heavy atom. The summed E-state index contributed by atoms with van der Waals surface area (Å²) in [5.74, 6) is -1.34. The first-order chi connectivity index (χ1) is 9.83. The van der Waals surface area contributed by atoms with Crippen LogP contribution in [0, 0.1) is 0 Å². The molecular formula is C13H9Cl2NO4S. The Labute approximate surface area is 131 Å². The molecule has 2 aromatic carbocycles. The van der Waals surface area contributed by atoms with Crippen molar-refractivity contribution < 1.29 is 18.3 Å². The van der Waals surface area contributed by atoms with Crippen molar-refractivity contribution in [3.05, 3.63) is 58.1 Å². The largest absolute Gasteiger partial charge is 0.478 e. The van der Waals surface area contributed by atoms with E-state index in [4.69, 9.17) is 28.3 Å². The topological polar surface area (TPSA) is 83.5 Å². The highest BCUT2D eigenvalue weighted by Gasteiger charge is 2.22. The third-order valence-corrected chi connectivity index (χ3v) is 4.78. The van der Waals surface area contributed by atoms with Crippen molar-refractivity contribution in [1.82, 2.24) is 0 Å². The van der Waals surface area contributed by atoms with Crippen LogP contribution in [-0.2, 0) is 10.0 Å². The standard InChI is InChI=1S/C13H9Cl2NO4S/c14-8-4-1-2-7-11(8)21(19,20)16-10-6-3-5-9(15)12(10)13(17)18/h1-7,16H,(H,17,18). The fraction of sp³-hybridized carbons (Fsp3) is 0. The van der Waals surface area contributed by atoms with E-state index in [0.29, 0.717) is 0 Å². The van der Waals surface area contributed by atoms with Gasteiger partial charge in [0.1, 0.15) is 10.5 Å². The normalized spacial score (nSPS) is 11.1. The molecule has 0 aromatic heterocycles. The molecule has 0 saturated carbocycles. The van der Waals surface area contributed by atoms with E-state index in [1.54, 1.807) is 6.07 Å². The van der Waals surface area contributed by atoms with Crippen molar-refractivity contribution in [3.8, 4) is 0 Å². The zero-order chi connectivity index (χ0) is 15.6. The van der Waals surface area contributed by atoms with Crippen LogP contribution in [0.4, 0.5) is 5.69 Å². The molecule has 0 bridgehead atoms. The number of hydrogen-bond acceptors (Lipinski definition) is 3. The molecule has 5 nitrogen and oxygen atoms in total. The van der Waals surface area contributed by atoms with E-state index in [0.717, 1.165) is 0 Å². The van der Waals surface area contributed by atoms with E-state index in [9.17, 15) is 13.2 Å². The Balaban J connectivity index is 2.50. The van der Waals surface area contributed by atoms with Gasteiger partial charge in [0, 0.05) is 0 Å². The lowest BCUT2D eigenvalue weighted by atomic mass is 10.2. The van der Waals surface area contributed by atoms with E-state index < -0.39 is 16.0 Å². The first kappa shape index (κ1) is 15.6. The summed E-state index contributed by atoms with van der Waals surface area (Å²) in [6.45, 7) is 0. The molecule has 0 spiro atoms. The lowest BCUT2D eigenvalue weighted by Gasteiger charge is -2.12. The van der Waals surface area contributed by atoms with E-state index in [-0.39, 0.29) is 26.2 Å². The van der Waals surface area contributed by atoms with Gasteiger partial charge in [0.15, 0.2) is 0 Å². The molecule has 2 aromatic rings. The molecule has 0 aliphatic carbocycles. The van der Waals surface area contributed by atoms with Crippen molar-refractivity contribution in [1.29, 1.82) is 0 Å². The number of rotatable bonds is 4. The first-order valence-electron chi connectivity index (χ1n) is 5.62. The zero-order valence-electron chi connectivity index (χ0n) is 10.4. The molecule has 8 heteroatoms. The predicted octanol–water partition coefficient (Wildman–Crippen LogP) is 3.49. The van der Waals surface area contributed by atoms with E-state index >= 15 is 0 Å². The maximum atomic E-state index is 12.3. The van der Waals surface area contributed by atoms with Crippen LogP contribution in [0.25, 0.3) is 0 Å². The highest BCUT2D eigenvalue weighted by Crippen LogP contribution is 2.28. The average molecular weight is 346 g/mol. The van der Waals surface area contributed by atoms with Crippen molar-refractivity contribution in [2.24, 2.45) is 0 Å². The van der Waals surface area contributed by atoms with Gasteiger partial charge in [-0.2, -0.15) is 0 Å². The maximum Gasteiger partial charge on any atom is 0.339 e. The number of anilines is 1. The van der Waals surface area contributed by atoms with Crippen molar-refractivity contribution in [3.63, 3.8) is 0 Å². The van der Waals surface area contributed by atoms with Gasteiger partial charge in [-0.15, -0.1) is 0 Å². The second-order valence-electron chi connectivity index (χ2n) is 4.00. The Morgan fingerprint density at radius 3 is 2.24 bits per heavy atom. The summed E-state index contributed by atoms with van der Waals surface area (Å²) in [6.07, 6.45) is 0. The molecule has 110 valence electrons. The molecule has 0 unspecified atom stereocenters. The summed E-state index contributed by atoms with van der Waals surface area (Å²) in [6, 6.07) is 9.95. The summed E-state index contributed by atoms with van der Waals surface area (Å²) in [5.41, 5.74) is -0.454. The minimum atomic E-state index is -4.02. The lowest BCUT2D eigenvalue weighted by molar-refractivity contribution is 0.0698. The third kappa shape index (κ3) is 3.29. The fourth-order valence-corrected chi connectivity index (χ4v) is 3.54. The van der Waals surface area contributed by atoms with E-state index in [1.807, 2.05) is 0 Å². The molecule has 21 heavy (non-hydrogen) atoms. The number of benzene rings is 2. The van der Waals surface area contributed by atoms with Gasteiger partial charge >= 0.3 is 5.97 Å². The predicted molar refractivity (Wildman–Crippen MR) is 80.7 cm³/mol. The summed E-state index contributed by atoms with van der Waals surface area (Å²) in [5, 5.41) is 9.09. The Kier molecular flexibility index (Phi) is 4.41. The molecule has 0 heterocycles. The molecule has 0 radical (unpaired) electrons. The molecule has 0 aliphatic heterocycles. The van der Waals surface area contributed by atoms with Gasteiger partial charge in [-0.3, -0.25) is 4.72 Å². The minimum Gasteiger partial charge on any atom is -0.478 e. The van der Waals surface area contributed by atoms with E-state index in [1.165, 1.54) is 36.4 Å². The van der Waals surface area contributed by atoms with Crippen molar-refractivity contribution in [2.45, 2.75) is 4.90 Å². The van der Waals surface area contributed by atoms with Gasteiger partial charge in [0.25, 0.3) is 10.0 Å². The van der Waals surface area contributed by atoms with Crippen LogP contribution in [0.15, 0.2) is 47.4 Å². The SMILES string of the molecule is O=C(O)c1c(Cl)cccc1NS(=O)(=O)c1ccccc1Cl. The first-order valence-corrected chi connectivity index (χ1v) is 7.86. The number of sulfonamides is 1. The highest BCUT2D eigenvalue weighted by molar-refractivity contribution is 7.92. The van der Waals surface area contributed by atoms with Crippen LogP contribution in [0.3, 0.4) is 0 Å². The molecule has 0 saturated heterocycles. The number of aromatic carboxylic acids is 1. The van der Waals surface area contributed by atoms with Crippen molar-refractivity contribution in [2.75, 3.05) is 4.72 Å². The highest BCUT2D eigenvalue weighted by atomic mass is 35.5. The number of nitrogens with one attached hydrogen (secondary N) is 1. The monoisotopic (exact) mass is 345 g/mol. The van der Waals surface area contributed by atoms with Gasteiger partial charge in [-0.1, -0.05) is 41.4 Å². The van der Waals surface area contributed by atoms with Gasteiger partial charge in [0.2, 0.25) is 0 Å². The summed E-state index contributed by atoms with van der Waals surface area (Å²) < 4.78 is 26.7. The van der Waals surface area contributed by atoms with Gasteiger partial charge < -0.3 is 5.11 Å². The molecule has 2 N–H and O–H groups in total. The number of hydrogen-bond donors (Lipinski definition) is 2. The molecule has 0 amide bonds. The minimum absolute atomic E-state index is 0.0314. The lowest BCUT2D eigenvalue weighted by Crippen LogP contribution is -2.16. The van der Waals surface area contributed by atoms with Gasteiger partial charge in [0.05, 0.1) is 15.7 Å². The maximum absolute atomic E-state index is 12.3. The van der Waals surface area contributed by atoms with Crippen LogP contribution >= 0.6 is 23.2 Å². The zero-order valence-corrected chi connectivity index (χ0v) is 12.7. The second-order valence-corrected chi connectivity index (χ2v) is 6.47. The van der Waals surface area contributed by atoms with Crippen LogP contribution in [0.2, 0.25) is 10.0 Å². The van der Waals surface area contributed by atoms with E-state index in [2.05, 4.69) is 4.72 Å². The molecule has 0 atom stereocenters. The molecule has 0 fully saturated rings. The summed E-state index contributed by atoms with van der Waals surface area (Å²) >= 11 is 11.6. The van der Waals surface area contributed by atoms with Crippen LogP contribution in [0.5, 0.6) is 0 Å². The fourth-order valence-electron chi connectivity index (χ4n) is 1.69. The quantitative estimate of drug-likeness (QED) is 0.888. The average Bonchev–Trinajstić information content (AvgIpc) is 2.38. The third-order valence-electron chi connectivity index (χ3n) is 2.60. The Bertz CT molecular complexity index is 806. The van der Waals surface area contributed by atoms with Crippen LogP contribution in [-0.4, -0.2) is 19.5 Å².